The van der Waals surface area contributed by atoms with Crippen LogP contribution < -0.4 is 9.46 Å². The van der Waals surface area contributed by atoms with E-state index in [1.165, 1.54) is 19.2 Å². The summed E-state index contributed by atoms with van der Waals surface area (Å²) >= 11 is 6.09. The number of hydrogen-bond acceptors (Lipinski definition) is 5. The molecular formula is C20H13ClF4N2O4S. The summed E-state index contributed by atoms with van der Waals surface area (Å²) in [7, 11) is -3.89. The van der Waals surface area contributed by atoms with Gasteiger partial charge in [-0.3, -0.25) is 4.79 Å². The van der Waals surface area contributed by atoms with E-state index in [0.717, 1.165) is 18.4 Å². The van der Waals surface area contributed by atoms with E-state index in [9.17, 15) is 30.8 Å². The first-order valence-corrected chi connectivity index (χ1v) is 10.9. The van der Waals surface area contributed by atoms with Crippen molar-refractivity contribution < 1.29 is 35.5 Å². The van der Waals surface area contributed by atoms with Crippen molar-refractivity contribution in [2.45, 2.75) is 6.92 Å². The number of rotatable bonds is 5. The fourth-order valence-corrected chi connectivity index (χ4v) is 3.40. The van der Waals surface area contributed by atoms with Crippen molar-refractivity contribution in [3.05, 3.63) is 75.9 Å². The molecule has 0 spiro atoms. The van der Waals surface area contributed by atoms with Gasteiger partial charge in [-0.25, -0.2) is 31.3 Å². The van der Waals surface area contributed by atoms with Crippen LogP contribution in [0.2, 0.25) is 5.02 Å². The van der Waals surface area contributed by atoms with Crippen molar-refractivity contribution in [3.8, 4) is 22.8 Å². The third kappa shape index (κ3) is 5.17. The molecule has 12 heteroatoms. The number of nitrogens with one attached hydrogen (secondary N) is 1. The minimum absolute atomic E-state index is 0.176. The smallest absolute Gasteiger partial charge is 0.267 e. The summed E-state index contributed by atoms with van der Waals surface area (Å²) in [5.74, 6) is -7.23. The van der Waals surface area contributed by atoms with Gasteiger partial charge in [-0.1, -0.05) is 11.6 Å². The van der Waals surface area contributed by atoms with Crippen LogP contribution in [-0.2, 0) is 10.0 Å². The van der Waals surface area contributed by atoms with E-state index in [1.54, 1.807) is 4.72 Å². The number of sulfonamides is 1. The first kappa shape index (κ1) is 23.5. The highest BCUT2D eigenvalue weighted by Crippen LogP contribution is 2.34. The highest BCUT2D eigenvalue weighted by atomic mass is 35.5. The number of halogens is 5. The molecule has 3 rings (SSSR count). The predicted octanol–water partition coefficient (Wildman–Crippen LogP) is 4.75. The van der Waals surface area contributed by atoms with Crippen LogP contribution in [0.5, 0.6) is 11.6 Å². The number of benzene rings is 2. The lowest BCUT2D eigenvalue weighted by atomic mass is 9.99. The molecule has 1 N–H and O–H groups in total. The normalized spacial score (nSPS) is 11.3. The Hall–Kier alpha value is -3.18. The Morgan fingerprint density at radius 1 is 1.06 bits per heavy atom. The van der Waals surface area contributed by atoms with Crippen molar-refractivity contribution in [2.24, 2.45) is 0 Å². The average molecular weight is 489 g/mol. The number of nitrogens with zero attached hydrogens (tertiary/aromatic N) is 1. The third-order valence-corrected chi connectivity index (χ3v) is 4.95. The Balaban J connectivity index is 1.94. The number of pyridine rings is 1. The lowest BCUT2D eigenvalue weighted by molar-refractivity contribution is 0.0977. The van der Waals surface area contributed by atoms with E-state index in [4.69, 9.17) is 16.3 Å². The van der Waals surface area contributed by atoms with Gasteiger partial charge in [-0.15, -0.1) is 0 Å². The maximum atomic E-state index is 14.5. The monoisotopic (exact) mass is 488 g/mol. The van der Waals surface area contributed by atoms with Crippen LogP contribution >= 0.6 is 11.6 Å². The van der Waals surface area contributed by atoms with Gasteiger partial charge in [0.25, 0.3) is 5.91 Å². The first-order chi connectivity index (χ1) is 14.9. The van der Waals surface area contributed by atoms with Crippen LogP contribution in [0.25, 0.3) is 11.1 Å². The lowest BCUT2D eigenvalue weighted by Gasteiger charge is -2.12. The zero-order valence-electron chi connectivity index (χ0n) is 16.3. The van der Waals surface area contributed by atoms with Crippen LogP contribution in [0.3, 0.4) is 0 Å². The van der Waals surface area contributed by atoms with Crippen LogP contribution in [0.4, 0.5) is 17.6 Å². The van der Waals surface area contributed by atoms with Gasteiger partial charge < -0.3 is 4.74 Å². The van der Waals surface area contributed by atoms with Crippen molar-refractivity contribution in [1.29, 1.82) is 0 Å². The van der Waals surface area contributed by atoms with Gasteiger partial charge in [-0.2, -0.15) is 4.39 Å². The molecule has 168 valence electrons. The Labute approximate surface area is 184 Å². The van der Waals surface area contributed by atoms with Gasteiger partial charge in [0.1, 0.15) is 16.7 Å². The number of hydrogen-bond donors (Lipinski definition) is 1. The summed E-state index contributed by atoms with van der Waals surface area (Å²) in [6.07, 6.45) is 1.94. The molecule has 0 fully saturated rings. The molecule has 0 saturated heterocycles. The van der Waals surface area contributed by atoms with Gasteiger partial charge in [-0.05, 0) is 36.2 Å². The van der Waals surface area contributed by atoms with Gasteiger partial charge >= 0.3 is 0 Å². The fourth-order valence-electron chi connectivity index (χ4n) is 2.75. The summed E-state index contributed by atoms with van der Waals surface area (Å²) in [5, 5.41) is -0.176. The van der Waals surface area contributed by atoms with Crippen molar-refractivity contribution in [3.63, 3.8) is 0 Å². The molecule has 1 aromatic heterocycles. The van der Waals surface area contributed by atoms with Crippen LogP contribution in [0.1, 0.15) is 15.9 Å². The highest BCUT2D eigenvalue weighted by molar-refractivity contribution is 7.89. The quantitative estimate of drug-likeness (QED) is 0.414. The van der Waals surface area contributed by atoms with Gasteiger partial charge in [0.05, 0.1) is 11.8 Å². The largest absolute Gasteiger partial charge is 0.434 e. The third-order valence-electron chi connectivity index (χ3n) is 4.12. The molecule has 2 aromatic carbocycles. The summed E-state index contributed by atoms with van der Waals surface area (Å²) in [5.41, 5.74) is 0.441. The molecule has 0 saturated carbocycles. The average Bonchev–Trinajstić information content (AvgIpc) is 2.67. The molecule has 0 radical (unpaired) electrons. The summed E-state index contributed by atoms with van der Waals surface area (Å²) in [6, 6.07) is 4.38. The van der Waals surface area contributed by atoms with Crippen molar-refractivity contribution in [1.82, 2.24) is 9.71 Å². The number of carbonyl (C=O) groups is 1. The SMILES string of the molecule is Cc1cc(C(=O)NS(C)(=O)=O)c(F)cc1-c1cnc(Oc2cc(F)cc(F)c2F)c(Cl)c1. The van der Waals surface area contributed by atoms with Crippen LogP contribution in [0, 0.1) is 30.2 Å². The van der Waals surface area contributed by atoms with E-state index in [0.29, 0.717) is 17.7 Å². The highest BCUT2D eigenvalue weighted by Gasteiger charge is 2.20. The Kier molecular flexibility index (Phi) is 6.42. The Bertz CT molecular complexity index is 1350. The molecule has 32 heavy (non-hydrogen) atoms. The van der Waals surface area contributed by atoms with Gasteiger partial charge in [0, 0.05) is 23.9 Å². The zero-order chi connectivity index (χ0) is 23.8. The Morgan fingerprint density at radius 3 is 2.38 bits per heavy atom. The van der Waals surface area contributed by atoms with E-state index >= 15 is 0 Å². The fraction of sp³-hybridized carbons (Fsp3) is 0.100. The zero-order valence-corrected chi connectivity index (χ0v) is 17.9. The molecule has 6 nitrogen and oxygen atoms in total. The van der Waals surface area contributed by atoms with Crippen molar-refractivity contribution >= 4 is 27.5 Å². The van der Waals surface area contributed by atoms with Crippen LogP contribution in [-0.4, -0.2) is 25.6 Å². The van der Waals surface area contributed by atoms with Gasteiger partial charge in [0.2, 0.25) is 21.7 Å². The van der Waals surface area contributed by atoms with E-state index in [1.807, 2.05) is 0 Å². The topological polar surface area (TPSA) is 85.4 Å². The van der Waals surface area contributed by atoms with E-state index in [2.05, 4.69) is 4.98 Å². The molecule has 3 aromatic rings. The predicted molar refractivity (Wildman–Crippen MR) is 108 cm³/mol. The molecule has 0 aliphatic rings. The number of amides is 1. The minimum atomic E-state index is -3.89. The summed E-state index contributed by atoms with van der Waals surface area (Å²) in [4.78, 5) is 15.8. The molecule has 1 amide bonds. The molecule has 1 heterocycles. The second-order valence-electron chi connectivity index (χ2n) is 6.66. The molecule has 0 unspecified atom stereocenters. The summed E-state index contributed by atoms with van der Waals surface area (Å²) < 4.78 is 84.1. The lowest BCUT2D eigenvalue weighted by Crippen LogP contribution is -2.30. The standard InChI is InChI=1S/C20H13ClF4N2O4S/c1-9-3-13(19(28)27-32(2,29)30)15(23)7-12(9)10-4-14(21)20(26-8-10)31-17-6-11(22)5-16(24)18(17)25/h3-8H,1-2H3,(H,27,28). The van der Waals surface area contributed by atoms with E-state index < -0.39 is 50.5 Å². The number of aromatic nitrogens is 1. The number of carbonyl (C=O) groups excluding carboxylic acids is 1. The van der Waals surface area contributed by atoms with Gasteiger partial charge in [0.15, 0.2) is 11.6 Å². The van der Waals surface area contributed by atoms with Crippen molar-refractivity contribution in [2.75, 3.05) is 6.26 Å². The molecule has 0 aliphatic carbocycles. The number of aryl methyl sites for hydroxylation is 1. The minimum Gasteiger partial charge on any atom is -0.434 e. The van der Waals surface area contributed by atoms with E-state index in [-0.39, 0.29) is 22.0 Å². The second kappa shape index (κ2) is 8.75. The molecule has 0 atom stereocenters. The molecule has 0 bridgehead atoms. The maximum Gasteiger partial charge on any atom is 0.267 e. The molecule has 0 aliphatic heterocycles. The maximum absolute atomic E-state index is 14.5. The summed E-state index contributed by atoms with van der Waals surface area (Å²) in [6.45, 7) is 1.54. The first-order valence-electron chi connectivity index (χ1n) is 8.66. The number of ether oxygens (including phenoxy) is 1. The Morgan fingerprint density at radius 2 is 1.75 bits per heavy atom. The van der Waals surface area contributed by atoms with Crippen LogP contribution in [0.15, 0.2) is 36.5 Å². The molecular weight excluding hydrogens is 476 g/mol. The second-order valence-corrected chi connectivity index (χ2v) is 8.82.